The minimum Gasteiger partial charge on any atom is -0.368 e. The van der Waals surface area contributed by atoms with Crippen LogP contribution >= 0.6 is 0 Å². The van der Waals surface area contributed by atoms with Crippen LogP contribution in [-0.4, -0.2) is 100 Å². The largest absolute Gasteiger partial charge is 0.368 e. The Morgan fingerprint density at radius 3 is 2.29 bits per heavy atom. The molecular formula is C21H35FN6. The Kier molecular flexibility index (Phi) is 7.50. The maximum atomic E-state index is 13.1. The third-order valence-corrected chi connectivity index (χ3v) is 5.76. The van der Waals surface area contributed by atoms with E-state index in [0.717, 1.165) is 50.9 Å². The maximum absolute atomic E-state index is 13.1. The number of hydrogen-bond acceptors (Lipinski definition) is 4. The van der Waals surface area contributed by atoms with E-state index in [1.54, 1.807) is 0 Å². The van der Waals surface area contributed by atoms with E-state index >= 15 is 0 Å². The van der Waals surface area contributed by atoms with Gasteiger partial charge in [-0.1, -0.05) is 6.92 Å². The number of nitrogens with zero attached hydrogens (tertiary/aromatic N) is 5. The molecule has 1 unspecified atom stereocenters. The molecule has 0 spiro atoms. The van der Waals surface area contributed by atoms with Crippen molar-refractivity contribution < 1.29 is 4.39 Å². The van der Waals surface area contributed by atoms with Gasteiger partial charge in [-0.2, -0.15) is 0 Å². The van der Waals surface area contributed by atoms with Crippen LogP contribution in [0, 0.1) is 11.7 Å². The number of piperazine rings is 2. The quantitative estimate of drug-likeness (QED) is 0.608. The van der Waals surface area contributed by atoms with E-state index < -0.39 is 0 Å². The van der Waals surface area contributed by atoms with E-state index in [4.69, 9.17) is 0 Å². The minimum absolute atomic E-state index is 0.183. The highest BCUT2D eigenvalue weighted by Crippen LogP contribution is 2.17. The molecule has 0 saturated carbocycles. The molecule has 2 fully saturated rings. The van der Waals surface area contributed by atoms with E-state index in [1.807, 2.05) is 19.2 Å². The molecular weight excluding hydrogens is 355 g/mol. The standard InChI is InChI=1S/C21H35FN6/c1-18(17-26-10-8-25(3)9-11-26)16-24-21(23-2)28-14-12-27(13-15-28)20-6-4-19(22)5-7-20/h4-7,18H,8-17H2,1-3H3,(H,23,24). The molecule has 7 heteroatoms. The van der Waals surface area contributed by atoms with E-state index in [1.165, 1.54) is 38.3 Å². The topological polar surface area (TPSA) is 37.4 Å². The number of aliphatic imine (C=N–C) groups is 1. The molecule has 2 aliphatic rings. The van der Waals surface area contributed by atoms with Gasteiger partial charge in [0.2, 0.25) is 0 Å². The highest BCUT2D eigenvalue weighted by molar-refractivity contribution is 5.80. The second kappa shape index (κ2) is 10.1. The first-order chi connectivity index (χ1) is 13.5. The van der Waals surface area contributed by atoms with Gasteiger partial charge in [-0.05, 0) is 37.2 Å². The predicted molar refractivity (Wildman–Crippen MR) is 115 cm³/mol. The molecule has 0 radical (unpaired) electrons. The molecule has 0 bridgehead atoms. The molecule has 0 aromatic heterocycles. The van der Waals surface area contributed by atoms with Crippen molar-refractivity contribution in [3.8, 4) is 0 Å². The van der Waals surface area contributed by atoms with Crippen molar-refractivity contribution in [1.82, 2.24) is 20.0 Å². The molecule has 0 amide bonds. The van der Waals surface area contributed by atoms with E-state index in [-0.39, 0.29) is 5.82 Å². The van der Waals surface area contributed by atoms with Crippen LogP contribution in [0.5, 0.6) is 0 Å². The van der Waals surface area contributed by atoms with Crippen LogP contribution in [0.4, 0.5) is 10.1 Å². The number of halogens is 1. The van der Waals surface area contributed by atoms with Gasteiger partial charge in [0.25, 0.3) is 0 Å². The summed E-state index contributed by atoms with van der Waals surface area (Å²) in [6, 6.07) is 6.78. The van der Waals surface area contributed by atoms with Crippen LogP contribution in [0.15, 0.2) is 29.3 Å². The van der Waals surface area contributed by atoms with Crippen molar-refractivity contribution in [3.63, 3.8) is 0 Å². The van der Waals surface area contributed by atoms with Gasteiger partial charge in [0.1, 0.15) is 5.82 Å². The Labute approximate surface area is 169 Å². The summed E-state index contributed by atoms with van der Waals surface area (Å²) in [5.74, 6) is 1.39. The maximum Gasteiger partial charge on any atom is 0.193 e. The molecule has 6 nitrogen and oxygen atoms in total. The summed E-state index contributed by atoms with van der Waals surface area (Å²) in [4.78, 5) is 14.1. The lowest BCUT2D eigenvalue weighted by atomic mass is 10.1. The third kappa shape index (κ3) is 5.82. The average molecular weight is 391 g/mol. The SMILES string of the molecule is CN=C(NCC(C)CN1CCN(C)CC1)N1CCN(c2ccc(F)cc2)CC1. The zero-order chi connectivity index (χ0) is 19.9. The lowest BCUT2D eigenvalue weighted by Crippen LogP contribution is -2.53. The van der Waals surface area contributed by atoms with Gasteiger partial charge < -0.3 is 24.9 Å². The zero-order valence-corrected chi connectivity index (χ0v) is 17.6. The molecule has 1 atom stereocenters. The predicted octanol–water partition coefficient (Wildman–Crippen LogP) is 1.41. The van der Waals surface area contributed by atoms with Crippen LogP contribution in [0.1, 0.15) is 6.92 Å². The van der Waals surface area contributed by atoms with Gasteiger partial charge in [0.15, 0.2) is 5.96 Å². The second-order valence-corrected chi connectivity index (χ2v) is 8.09. The molecule has 1 aromatic rings. The molecule has 156 valence electrons. The highest BCUT2D eigenvalue weighted by Gasteiger charge is 2.21. The smallest absolute Gasteiger partial charge is 0.193 e. The molecule has 1 N–H and O–H groups in total. The van der Waals surface area contributed by atoms with Crippen molar-refractivity contribution in [3.05, 3.63) is 30.1 Å². The summed E-state index contributed by atoms with van der Waals surface area (Å²) in [7, 11) is 4.06. The van der Waals surface area contributed by atoms with Crippen LogP contribution in [0.2, 0.25) is 0 Å². The number of guanidine groups is 1. The Morgan fingerprint density at radius 1 is 1.04 bits per heavy atom. The number of anilines is 1. The fourth-order valence-electron chi connectivity index (χ4n) is 3.96. The van der Waals surface area contributed by atoms with Crippen molar-refractivity contribution in [2.75, 3.05) is 84.4 Å². The van der Waals surface area contributed by atoms with Gasteiger partial charge in [0, 0.05) is 78.2 Å². The number of rotatable bonds is 5. The van der Waals surface area contributed by atoms with Gasteiger partial charge in [-0.15, -0.1) is 0 Å². The van der Waals surface area contributed by atoms with Crippen LogP contribution < -0.4 is 10.2 Å². The molecule has 1 aromatic carbocycles. The summed E-state index contributed by atoms with van der Waals surface area (Å²) < 4.78 is 13.1. The fourth-order valence-corrected chi connectivity index (χ4v) is 3.96. The normalized spacial score (nSPS) is 21.1. The van der Waals surface area contributed by atoms with Gasteiger partial charge in [0.05, 0.1) is 0 Å². The molecule has 3 rings (SSSR count). The number of nitrogens with one attached hydrogen (secondary N) is 1. The van der Waals surface area contributed by atoms with Crippen molar-refractivity contribution >= 4 is 11.6 Å². The fraction of sp³-hybridized carbons (Fsp3) is 0.667. The Morgan fingerprint density at radius 2 is 1.68 bits per heavy atom. The lowest BCUT2D eigenvalue weighted by molar-refractivity contribution is 0.139. The highest BCUT2D eigenvalue weighted by atomic mass is 19.1. The van der Waals surface area contributed by atoms with Crippen molar-refractivity contribution in [2.24, 2.45) is 10.9 Å². The zero-order valence-electron chi connectivity index (χ0n) is 17.6. The summed E-state index contributed by atoms with van der Waals surface area (Å²) in [6.45, 7) is 12.7. The van der Waals surface area contributed by atoms with Crippen molar-refractivity contribution in [1.29, 1.82) is 0 Å². The third-order valence-electron chi connectivity index (χ3n) is 5.76. The molecule has 2 aliphatic heterocycles. The van der Waals surface area contributed by atoms with Crippen LogP contribution in [0.3, 0.4) is 0 Å². The lowest BCUT2D eigenvalue weighted by Gasteiger charge is -2.38. The van der Waals surface area contributed by atoms with Gasteiger partial charge in [-0.3, -0.25) is 4.99 Å². The van der Waals surface area contributed by atoms with Gasteiger partial charge >= 0.3 is 0 Å². The Balaban J connectivity index is 1.41. The van der Waals surface area contributed by atoms with E-state index in [2.05, 4.69) is 43.9 Å². The van der Waals surface area contributed by atoms with E-state index in [0.29, 0.717) is 5.92 Å². The first-order valence-electron chi connectivity index (χ1n) is 10.4. The number of hydrogen-bond donors (Lipinski definition) is 1. The molecule has 28 heavy (non-hydrogen) atoms. The summed E-state index contributed by atoms with van der Waals surface area (Å²) in [6.07, 6.45) is 0. The first kappa shape index (κ1) is 20.9. The average Bonchev–Trinajstić information content (AvgIpc) is 2.71. The monoisotopic (exact) mass is 390 g/mol. The Hall–Kier alpha value is -1.86. The van der Waals surface area contributed by atoms with E-state index in [9.17, 15) is 4.39 Å². The number of benzene rings is 1. The van der Waals surface area contributed by atoms with Crippen LogP contribution in [-0.2, 0) is 0 Å². The summed E-state index contributed by atoms with van der Waals surface area (Å²) >= 11 is 0. The molecule has 0 aliphatic carbocycles. The summed E-state index contributed by atoms with van der Waals surface area (Å²) in [5.41, 5.74) is 1.09. The minimum atomic E-state index is -0.183. The van der Waals surface area contributed by atoms with Crippen molar-refractivity contribution in [2.45, 2.75) is 6.92 Å². The number of likely N-dealkylation sites (N-methyl/N-ethyl adjacent to an activating group) is 1. The van der Waals surface area contributed by atoms with Crippen LogP contribution in [0.25, 0.3) is 0 Å². The summed E-state index contributed by atoms with van der Waals surface area (Å²) in [5, 5.41) is 3.57. The second-order valence-electron chi connectivity index (χ2n) is 8.09. The van der Waals surface area contributed by atoms with Gasteiger partial charge in [-0.25, -0.2) is 4.39 Å². The Bertz CT molecular complexity index is 618. The first-order valence-corrected chi connectivity index (χ1v) is 10.4. The molecule has 2 heterocycles. The molecule has 2 saturated heterocycles.